The summed E-state index contributed by atoms with van der Waals surface area (Å²) in [5, 5.41) is 2.63. The molecule has 0 aromatic heterocycles. The number of amides is 1. The smallest absolute Gasteiger partial charge is 0.256 e. The van der Waals surface area contributed by atoms with Gasteiger partial charge in [-0.3, -0.25) is 4.79 Å². The Balaban J connectivity index is 2.31. The molecule has 6 heteroatoms. The Bertz CT molecular complexity index is 649. The van der Waals surface area contributed by atoms with Gasteiger partial charge in [0.1, 0.15) is 11.6 Å². The number of carbonyl (C=O) groups excluding carboxylic acids is 1. The topological polar surface area (TPSA) is 29.1 Å². The number of rotatable bonds is 2. The highest BCUT2D eigenvalue weighted by Crippen LogP contribution is 2.24. The van der Waals surface area contributed by atoms with E-state index in [2.05, 4.69) is 21.2 Å². The van der Waals surface area contributed by atoms with Gasteiger partial charge < -0.3 is 5.32 Å². The standard InChI is InChI=1S/C13H7BrClF2NO/c14-12-8(2-1-3-10(12)17)13(19)18-11-6-7(15)4-5-9(11)16/h1-6H,(H,18,19). The summed E-state index contributed by atoms with van der Waals surface area (Å²) in [4.78, 5) is 11.9. The van der Waals surface area contributed by atoms with Gasteiger partial charge in [-0.25, -0.2) is 8.78 Å². The predicted octanol–water partition coefficient (Wildman–Crippen LogP) is 4.63. The first kappa shape index (κ1) is 14.0. The van der Waals surface area contributed by atoms with Crippen LogP contribution in [0.25, 0.3) is 0 Å². The number of benzene rings is 2. The molecular formula is C13H7BrClF2NO. The van der Waals surface area contributed by atoms with Crippen LogP contribution in [0.2, 0.25) is 5.02 Å². The molecule has 0 saturated carbocycles. The molecule has 0 atom stereocenters. The maximum absolute atomic E-state index is 13.5. The molecule has 0 saturated heterocycles. The summed E-state index contributed by atoms with van der Waals surface area (Å²) in [7, 11) is 0. The Hall–Kier alpha value is -1.46. The third-order valence-electron chi connectivity index (χ3n) is 2.37. The molecule has 0 fully saturated rings. The van der Waals surface area contributed by atoms with Crippen LogP contribution in [0, 0.1) is 11.6 Å². The van der Waals surface area contributed by atoms with Crippen molar-refractivity contribution >= 4 is 39.1 Å². The molecule has 2 aromatic rings. The second kappa shape index (κ2) is 5.67. The lowest BCUT2D eigenvalue weighted by atomic mass is 10.2. The second-order valence-electron chi connectivity index (χ2n) is 3.68. The Kier molecular flexibility index (Phi) is 4.17. The van der Waals surface area contributed by atoms with E-state index in [1.807, 2.05) is 0 Å². The molecule has 0 spiro atoms. The van der Waals surface area contributed by atoms with Gasteiger partial charge in [0.15, 0.2) is 0 Å². The summed E-state index contributed by atoms with van der Waals surface area (Å²) < 4.78 is 26.8. The van der Waals surface area contributed by atoms with Gasteiger partial charge >= 0.3 is 0 Å². The normalized spacial score (nSPS) is 10.3. The summed E-state index contributed by atoms with van der Waals surface area (Å²) in [6, 6.07) is 7.81. The molecule has 0 bridgehead atoms. The van der Waals surface area contributed by atoms with Gasteiger partial charge in [-0.1, -0.05) is 17.7 Å². The molecule has 1 amide bonds. The van der Waals surface area contributed by atoms with Gasteiger partial charge in [-0.2, -0.15) is 0 Å². The number of hydrogen-bond acceptors (Lipinski definition) is 1. The van der Waals surface area contributed by atoms with Crippen LogP contribution < -0.4 is 5.32 Å². The number of anilines is 1. The van der Waals surface area contributed by atoms with E-state index in [1.54, 1.807) is 0 Å². The fourth-order valence-corrected chi connectivity index (χ4v) is 2.08. The molecule has 19 heavy (non-hydrogen) atoms. The van der Waals surface area contributed by atoms with Crippen LogP contribution in [0.3, 0.4) is 0 Å². The molecule has 2 rings (SSSR count). The van der Waals surface area contributed by atoms with Crippen molar-refractivity contribution in [2.24, 2.45) is 0 Å². The molecule has 2 nitrogen and oxygen atoms in total. The fourth-order valence-electron chi connectivity index (χ4n) is 1.46. The molecule has 0 heterocycles. The average molecular weight is 347 g/mol. The molecule has 1 N–H and O–H groups in total. The first-order valence-corrected chi connectivity index (χ1v) is 6.36. The van der Waals surface area contributed by atoms with Crippen LogP contribution in [0.4, 0.5) is 14.5 Å². The maximum atomic E-state index is 13.5. The fraction of sp³-hybridized carbons (Fsp3) is 0. The van der Waals surface area contributed by atoms with E-state index in [-0.39, 0.29) is 20.7 Å². The lowest BCUT2D eigenvalue weighted by molar-refractivity contribution is 0.102. The highest BCUT2D eigenvalue weighted by Gasteiger charge is 2.14. The van der Waals surface area contributed by atoms with Crippen molar-refractivity contribution in [3.8, 4) is 0 Å². The summed E-state index contributed by atoms with van der Waals surface area (Å²) >= 11 is 8.69. The van der Waals surface area contributed by atoms with E-state index < -0.39 is 17.5 Å². The maximum Gasteiger partial charge on any atom is 0.256 e. The van der Waals surface area contributed by atoms with Gasteiger partial charge in [0.2, 0.25) is 0 Å². The quantitative estimate of drug-likeness (QED) is 0.844. The van der Waals surface area contributed by atoms with Crippen LogP contribution in [-0.4, -0.2) is 5.91 Å². The first-order valence-electron chi connectivity index (χ1n) is 5.19. The second-order valence-corrected chi connectivity index (χ2v) is 4.91. The minimum absolute atomic E-state index is 0.0231. The highest BCUT2D eigenvalue weighted by molar-refractivity contribution is 9.10. The van der Waals surface area contributed by atoms with E-state index in [0.717, 1.165) is 6.07 Å². The van der Waals surface area contributed by atoms with E-state index in [1.165, 1.54) is 30.3 Å². The van der Waals surface area contributed by atoms with Crippen molar-refractivity contribution in [2.45, 2.75) is 0 Å². The highest BCUT2D eigenvalue weighted by atomic mass is 79.9. The Morgan fingerprint density at radius 2 is 1.89 bits per heavy atom. The summed E-state index contributed by atoms with van der Waals surface area (Å²) in [5.41, 5.74) is 0.00744. The summed E-state index contributed by atoms with van der Waals surface area (Å²) in [5.74, 6) is -1.82. The van der Waals surface area contributed by atoms with Crippen LogP contribution in [-0.2, 0) is 0 Å². The number of carbonyl (C=O) groups is 1. The molecule has 0 aliphatic carbocycles. The average Bonchev–Trinajstić information content (AvgIpc) is 2.37. The van der Waals surface area contributed by atoms with E-state index in [4.69, 9.17) is 11.6 Å². The Morgan fingerprint density at radius 3 is 2.63 bits per heavy atom. The first-order chi connectivity index (χ1) is 8.99. The summed E-state index contributed by atoms with van der Waals surface area (Å²) in [6.45, 7) is 0. The SMILES string of the molecule is O=C(Nc1cc(Cl)ccc1F)c1cccc(F)c1Br. The summed E-state index contributed by atoms with van der Waals surface area (Å²) in [6.07, 6.45) is 0. The predicted molar refractivity (Wildman–Crippen MR) is 73.5 cm³/mol. The van der Waals surface area contributed by atoms with Crippen molar-refractivity contribution in [3.63, 3.8) is 0 Å². The van der Waals surface area contributed by atoms with Gasteiger partial charge in [0, 0.05) is 5.02 Å². The van der Waals surface area contributed by atoms with E-state index in [0.29, 0.717) is 0 Å². The third-order valence-corrected chi connectivity index (χ3v) is 3.41. The number of nitrogens with one attached hydrogen (secondary N) is 1. The lowest BCUT2D eigenvalue weighted by Gasteiger charge is -2.08. The van der Waals surface area contributed by atoms with Crippen LogP contribution in [0.1, 0.15) is 10.4 Å². The monoisotopic (exact) mass is 345 g/mol. The van der Waals surface area contributed by atoms with Crippen molar-refractivity contribution in [2.75, 3.05) is 5.32 Å². The number of halogens is 4. The largest absolute Gasteiger partial charge is 0.319 e. The minimum atomic E-state index is -0.632. The Morgan fingerprint density at radius 1 is 1.16 bits per heavy atom. The van der Waals surface area contributed by atoms with Crippen molar-refractivity contribution in [3.05, 3.63) is 63.1 Å². The molecular weight excluding hydrogens is 340 g/mol. The van der Waals surface area contributed by atoms with Gasteiger partial charge in [0.25, 0.3) is 5.91 Å². The van der Waals surface area contributed by atoms with Gasteiger partial charge in [-0.15, -0.1) is 0 Å². The van der Waals surface area contributed by atoms with Crippen LogP contribution in [0.15, 0.2) is 40.9 Å². The molecule has 98 valence electrons. The molecule has 0 aliphatic heterocycles. The lowest BCUT2D eigenvalue weighted by Crippen LogP contribution is -2.14. The minimum Gasteiger partial charge on any atom is -0.319 e. The van der Waals surface area contributed by atoms with Crippen molar-refractivity contribution in [1.82, 2.24) is 0 Å². The Labute approximate surface area is 121 Å². The van der Waals surface area contributed by atoms with Crippen LogP contribution in [0.5, 0.6) is 0 Å². The van der Waals surface area contributed by atoms with E-state index >= 15 is 0 Å². The zero-order chi connectivity index (χ0) is 14.0. The molecule has 2 aromatic carbocycles. The molecule has 0 aliphatic rings. The van der Waals surface area contributed by atoms with E-state index in [9.17, 15) is 13.6 Å². The number of hydrogen-bond donors (Lipinski definition) is 1. The third kappa shape index (κ3) is 3.11. The van der Waals surface area contributed by atoms with Gasteiger partial charge in [-0.05, 0) is 46.3 Å². The van der Waals surface area contributed by atoms with Crippen molar-refractivity contribution < 1.29 is 13.6 Å². The van der Waals surface area contributed by atoms with Crippen molar-refractivity contribution in [1.29, 1.82) is 0 Å². The van der Waals surface area contributed by atoms with Gasteiger partial charge in [0.05, 0.1) is 15.7 Å². The zero-order valence-corrected chi connectivity index (χ0v) is 11.7. The zero-order valence-electron chi connectivity index (χ0n) is 9.38. The van der Waals surface area contributed by atoms with Crippen LogP contribution >= 0.6 is 27.5 Å². The molecule has 0 radical (unpaired) electrons. The molecule has 0 unspecified atom stereocenters.